The molecule has 2 aromatic rings. The van der Waals surface area contributed by atoms with Gasteiger partial charge in [0.1, 0.15) is 6.61 Å². The lowest BCUT2D eigenvalue weighted by Crippen LogP contribution is -2.36. The maximum Gasteiger partial charge on any atom is 0.255 e. The number of carbonyl (C=O) groups is 2. The van der Waals surface area contributed by atoms with Crippen molar-refractivity contribution in [3.63, 3.8) is 0 Å². The SMILES string of the molecule is CN/N=c1/cc(N2CCOc3c2ccc(C(=O)N2CCCCC2)c3Cl)ccn1C=O. The molecule has 2 aliphatic heterocycles. The molecular weight excluding hydrogens is 406 g/mol. The summed E-state index contributed by atoms with van der Waals surface area (Å²) < 4.78 is 7.25. The van der Waals surface area contributed by atoms with Crippen molar-refractivity contribution in [2.45, 2.75) is 19.3 Å². The van der Waals surface area contributed by atoms with Gasteiger partial charge >= 0.3 is 0 Å². The molecule has 2 aliphatic rings. The standard InChI is InChI=1S/C21H24ClN5O3/c1-23-24-18-13-15(7-10-26(18)14-28)27-11-12-30-20-17(27)6-5-16(19(20)22)21(29)25-8-3-2-4-9-25/h5-7,10,13-14,23H,2-4,8-9,11-12H2,1H3/b24-18-. The Morgan fingerprint density at radius 1 is 1.20 bits per heavy atom. The summed E-state index contributed by atoms with van der Waals surface area (Å²) in [5.74, 6) is 0.454. The van der Waals surface area contributed by atoms with Gasteiger partial charge in [0.05, 0.1) is 22.8 Å². The molecule has 0 atom stereocenters. The lowest BCUT2D eigenvalue weighted by atomic mass is 10.1. The van der Waals surface area contributed by atoms with Gasteiger partial charge in [0, 0.05) is 38.1 Å². The van der Waals surface area contributed by atoms with E-state index in [2.05, 4.69) is 10.5 Å². The predicted molar refractivity (Wildman–Crippen MR) is 115 cm³/mol. The maximum atomic E-state index is 13.0. The van der Waals surface area contributed by atoms with Crippen LogP contribution in [0.15, 0.2) is 35.6 Å². The number of rotatable bonds is 4. The Balaban J connectivity index is 1.71. The summed E-state index contributed by atoms with van der Waals surface area (Å²) in [4.78, 5) is 28.1. The molecule has 1 aromatic carbocycles. The molecule has 0 spiro atoms. The van der Waals surface area contributed by atoms with Crippen LogP contribution in [0, 0.1) is 0 Å². The molecule has 1 saturated heterocycles. The molecule has 8 nitrogen and oxygen atoms in total. The number of hydrogen-bond acceptors (Lipinski definition) is 6. The molecule has 1 N–H and O–H groups in total. The van der Waals surface area contributed by atoms with Crippen molar-refractivity contribution >= 4 is 35.3 Å². The highest BCUT2D eigenvalue weighted by molar-refractivity contribution is 6.35. The van der Waals surface area contributed by atoms with Crippen LogP contribution in [0.4, 0.5) is 11.4 Å². The number of anilines is 2. The second-order valence-corrected chi connectivity index (χ2v) is 7.60. The number of aromatic nitrogens is 1. The third-order valence-corrected chi connectivity index (χ3v) is 5.78. The van der Waals surface area contributed by atoms with Crippen molar-refractivity contribution in [3.8, 4) is 5.75 Å². The Morgan fingerprint density at radius 3 is 2.73 bits per heavy atom. The molecule has 1 amide bonds. The summed E-state index contributed by atoms with van der Waals surface area (Å²) in [5.41, 5.74) is 5.27. The van der Waals surface area contributed by atoms with Crippen LogP contribution in [0.5, 0.6) is 5.75 Å². The van der Waals surface area contributed by atoms with E-state index in [0.29, 0.717) is 41.4 Å². The van der Waals surface area contributed by atoms with Gasteiger partial charge in [-0.2, -0.15) is 5.10 Å². The molecule has 0 bridgehead atoms. The molecule has 30 heavy (non-hydrogen) atoms. The number of halogens is 1. The van der Waals surface area contributed by atoms with Crippen molar-refractivity contribution in [2.75, 3.05) is 38.2 Å². The van der Waals surface area contributed by atoms with Gasteiger partial charge in [-0.15, -0.1) is 0 Å². The molecule has 158 valence electrons. The van der Waals surface area contributed by atoms with Crippen LogP contribution in [-0.4, -0.2) is 55.1 Å². The average Bonchev–Trinajstić information content (AvgIpc) is 2.79. The van der Waals surface area contributed by atoms with Gasteiger partial charge in [0.15, 0.2) is 11.2 Å². The van der Waals surface area contributed by atoms with E-state index < -0.39 is 0 Å². The predicted octanol–water partition coefficient (Wildman–Crippen LogP) is 2.37. The molecule has 1 fully saturated rings. The van der Waals surface area contributed by atoms with Crippen LogP contribution >= 0.6 is 11.6 Å². The highest BCUT2D eigenvalue weighted by atomic mass is 35.5. The zero-order chi connectivity index (χ0) is 21.1. The number of ether oxygens (including phenoxy) is 1. The number of carbonyl (C=O) groups excluding carboxylic acids is 2. The summed E-state index contributed by atoms with van der Waals surface area (Å²) in [6.45, 7) is 2.55. The molecular formula is C21H24ClN5O3. The second-order valence-electron chi connectivity index (χ2n) is 7.22. The van der Waals surface area contributed by atoms with Crippen LogP contribution < -0.4 is 20.6 Å². The van der Waals surface area contributed by atoms with Crippen molar-refractivity contribution in [1.82, 2.24) is 14.9 Å². The molecule has 3 heterocycles. The van der Waals surface area contributed by atoms with Gasteiger partial charge in [0.2, 0.25) is 6.41 Å². The molecule has 0 saturated carbocycles. The Bertz CT molecular complexity index is 1030. The number of piperidine rings is 1. The highest BCUT2D eigenvalue weighted by Gasteiger charge is 2.28. The molecule has 0 radical (unpaired) electrons. The molecule has 1 aromatic heterocycles. The average molecular weight is 430 g/mol. The van der Waals surface area contributed by atoms with Crippen LogP contribution in [0.25, 0.3) is 0 Å². The first-order valence-electron chi connectivity index (χ1n) is 10.0. The fourth-order valence-corrected chi connectivity index (χ4v) is 4.20. The largest absolute Gasteiger partial charge is 0.488 e. The Labute approximate surface area is 179 Å². The smallest absolute Gasteiger partial charge is 0.255 e. The maximum absolute atomic E-state index is 13.0. The first kappa shape index (κ1) is 20.3. The van der Waals surface area contributed by atoms with Gasteiger partial charge in [-0.05, 0) is 37.5 Å². The van der Waals surface area contributed by atoms with Gasteiger partial charge < -0.3 is 20.0 Å². The first-order valence-corrected chi connectivity index (χ1v) is 10.4. The Hall–Kier alpha value is -3.00. The van der Waals surface area contributed by atoms with Crippen LogP contribution in [0.1, 0.15) is 29.6 Å². The van der Waals surface area contributed by atoms with E-state index in [1.807, 2.05) is 21.9 Å². The zero-order valence-corrected chi connectivity index (χ0v) is 17.6. The fraction of sp³-hybridized carbons (Fsp3) is 0.381. The van der Waals surface area contributed by atoms with E-state index in [0.717, 1.165) is 43.7 Å². The molecule has 4 rings (SSSR count). The zero-order valence-electron chi connectivity index (χ0n) is 16.8. The number of amides is 1. The Kier molecular flexibility index (Phi) is 5.94. The quantitative estimate of drug-likeness (QED) is 0.596. The van der Waals surface area contributed by atoms with E-state index >= 15 is 0 Å². The van der Waals surface area contributed by atoms with Crippen LogP contribution in [-0.2, 0) is 4.79 Å². The minimum atomic E-state index is -0.0509. The highest BCUT2D eigenvalue weighted by Crippen LogP contribution is 2.43. The molecule has 9 heteroatoms. The van der Waals surface area contributed by atoms with E-state index in [9.17, 15) is 9.59 Å². The van der Waals surface area contributed by atoms with E-state index in [4.69, 9.17) is 16.3 Å². The topological polar surface area (TPSA) is 79.2 Å². The minimum absolute atomic E-state index is 0.0509. The number of pyridine rings is 1. The van der Waals surface area contributed by atoms with Crippen molar-refractivity contribution in [1.29, 1.82) is 0 Å². The van der Waals surface area contributed by atoms with Crippen molar-refractivity contribution in [2.24, 2.45) is 5.10 Å². The summed E-state index contributed by atoms with van der Waals surface area (Å²) in [7, 11) is 1.67. The minimum Gasteiger partial charge on any atom is -0.488 e. The lowest BCUT2D eigenvalue weighted by Gasteiger charge is -2.33. The van der Waals surface area contributed by atoms with Crippen LogP contribution in [0.3, 0.4) is 0 Å². The number of hydrogen-bond donors (Lipinski definition) is 1. The van der Waals surface area contributed by atoms with Crippen LogP contribution in [0.2, 0.25) is 5.02 Å². The summed E-state index contributed by atoms with van der Waals surface area (Å²) in [5, 5.41) is 4.48. The third-order valence-electron chi connectivity index (χ3n) is 5.40. The first-order chi connectivity index (χ1) is 14.6. The van der Waals surface area contributed by atoms with E-state index in [1.54, 1.807) is 25.4 Å². The van der Waals surface area contributed by atoms with Gasteiger partial charge in [-0.3, -0.25) is 14.2 Å². The summed E-state index contributed by atoms with van der Waals surface area (Å²) in [6, 6.07) is 7.28. The summed E-state index contributed by atoms with van der Waals surface area (Å²) >= 11 is 6.64. The van der Waals surface area contributed by atoms with Crippen molar-refractivity contribution < 1.29 is 14.3 Å². The second kappa shape index (κ2) is 8.79. The van der Waals surface area contributed by atoms with Crippen molar-refractivity contribution in [3.05, 3.63) is 46.5 Å². The van der Waals surface area contributed by atoms with Gasteiger partial charge in [-0.1, -0.05) is 11.6 Å². The summed E-state index contributed by atoms with van der Waals surface area (Å²) in [6.07, 6.45) is 5.55. The van der Waals surface area contributed by atoms with E-state index in [1.165, 1.54) is 4.57 Å². The fourth-order valence-electron chi connectivity index (χ4n) is 3.91. The number of fused-ring (bicyclic) bond motifs is 1. The number of likely N-dealkylation sites (tertiary alicyclic amines) is 1. The van der Waals surface area contributed by atoms with E-state index in [-0.39, 0.29) is 5.91 Å². The number of nitrogens with zero attached hydrogens (tertiary/aromatic N) is 4. The van der Waals surface area contributed by atoms with Gasteiger partial charge in [-0.25, -0.2) is 0 Å². The molecule has 0 unspecified atom stereocenters. The molecule has 0 aliphatic carbocycles. The Morgan fingerprint density at radius 2 is 2.00 bits per heavy atom. The number of benzene rings is 1. The lowest BCUT2D eigenvalue weighted by molar-refractivity contribution is 0.0724. The third kappa shape index (κ3) is 3.75. The normalized spacial score (nSPS) is 16.7. The van der Waals surface area contributed by atoms with Gasteiger partial charge in [0.25, 0.3) is 5.91 Å². The monoisotopic (exact) mass is 429 g/mol. The number of nitrogens with one attached hydrogen (secondary N) is 1.